The highest BCUT2D eigenvalue weighted by Crippen LogP contribution is 2.48. The van der Waals surface area contributed by atoms with Gasteiger partial charge in [0.05, 0.1) is 23.9 Å². The van der Waals surface area contributed by atoms with Crippen molar-refractivity contribution in [3.8, 4) is 17.3 Å². The summed E-state index contributed by atoms with van der Waals surface area (Å²) in [4.78, 5) is 67.4. The van der Waals surface area contributed by atoms with Crippen molar-refractivity contribution in [2.45, 2.75) is 126 Å². The van der Waals surface area contributed by atoms with Gasteiger partial charge in [0.2, 0.25) is 21.8 Å². The Morgan fingerprint density at radius 1 is 1.14 bits per heavy atom. The molecule has 3 N–H and O–H groups in total. The maximum atomic E-state index is 15.3. The molecule has 342 valence electrons. The number of hydrogen-bond acceptors (Lipinski definition) is 10. The number of pyridine rings is 1. The number of allylic oxidation sites excluding steroid dienone is 1. The Hall–Kier alpha value is -5.40. The lowest BCUT2D eigenvalue weighted by Crippen LogP contribution is -2.66. The molecular weight excluding hydrogens is 848 g/mol. The van der Waals surface area contributed by atoms with E-state index >= 15 is 4.79 Å². The molecule has 4 amide bonds. The third-order valence-electron chi connectivity index (χ3n) is 13.4. The van der Waals surface area contributed by atoms with Crippen LogP contribution in [-0.4, -0.2) is 116 Å². The summed E-state index contributed by atoms with van der Waals surface area (Å²) in [6.45, 7) is 6.11. The van der Waals surface area contributed by atoms with Gasteiger partial charge in [-0.15, -0.1) is 0 Å². The molecule has 1 aromatic carbocycles. The van der Waals surface area contributed by atoms with Gasteiger partial charge in [-0.25, -0.2) is 23.2 Å². The SMILES string of the molecule is CC[C@@H]1C[C@H](C)CC/C=C\[C@@H]2C[C@@]2(C(=O)NS(=O)(=O)C2(C)CC2)NC(=O)[C@@H]2C[C@@H](Oc3cc(-n4ccnc4)nc4cc(OC)ccc34)CN2C(=O)[C@H]1N(C(=O)O)C(C)(C)C(F)(F)F. The van der Waals surface area contributed by atoms with E-state index < -0.39 is 85.9 Å². The van der Waals surface area contributed by atoms with E-state index in [1.807, 2.05) is 13.0 Å². The lowest BCUT2D eigenvalue weighted by Gasteiger charge is -2.46. The Morgan fingerprint density at radius 2 is 1.87 bits per heavy atom. The van der Waals surface area contributed by atoms with Crippen molar-refractivity contribution in [1.29, 1.82) is 0 Å². The van der Waals surface area contributed by atoms with Gasteiger partial charge in [0, 0.05) is 42.3 Å². The fourth-order valence-electron chi connectivity index (χ4n) is 8.86. The van der Waals surface area contributed by atoms with Crippen LogP contribution in [0.2, 0.25) is 0 Å². The van der Waals surface area contributed by atoms with Gasteiger partial charge in [-0.2, -0.15) is 13.2 Å². The molecule has 7 rings (SSSR count). The van der Waals surface area contributed by atoms with Crippen LogP contribution in [0.4, 0.5) is 18.0 Å². The first-order valence-electron chi connectivity index (χ1n) is 21.1. The summed E-state index contributed by atoms with van der Waals surface area (Å²) >= 11 is 0. The Labute approximate surface area is 363 Å². The quantitative estimate of drug-likeness (QED) is 0.210. The van der Waals surface area contributed by atoms with E-state index in [-0.39, 0.29) is 48.8 Å². The van der Waals surface area contributed by atoms with E-state index in [0.717, 1.165) is 4.90 Å². The number of alkyl halides is 3. The first kappa shape index (κ1) is 45.6. The molecule has 3 fully saturated rings. The number of carbonyl (C=O) groups is 4. The summed E-state index contributed by atoms with van der Waals surface area (Å²) in [5.74, 6) is -3.43. The number of nitrogens with zero attached hydrogens (tertiary/aromatic N) is 5. The highest BCUT2D eigenvalue weighted by molar-refractivity contribution is 7.91. The number of amides is 4. The Balaban J connectivity index is 1.33. The Kier molecular flexibility index (Phi) is 12.0. The number of aromatic nitrogens is 3. The van der Waals surface area contributed by atoms with Crippen LogP contribution in [0.3, 0.4) is 0 Å². The van der Waals surface area contributed by atoms with E-state index in [1.165, 1.54) is 20.4 Å². The second kappa shape index (κ2) is 16.6. The Morgan fingerprint density at radius 3 is 2.49 bits per heavy atom. The van der Waals surface area contributed by atoms with Gasteiger partial charge in [0.15, 0.2) is 0 Å². The van der Waals surface area contributed by atoms with E-state index in [1.54, 1.807) is 54.2 Å². The van der Waals surface area contributed by atoms with E-state index in [0.29, 0.717) is 62.0 Å². The molecular formula is C43H54F3N7O9S. The minimum Gasteiger partial charge on any atom is -0.497 e. The van der Waals surface area contributed by atoms with Crippen LogP contribution in [0.15, 0.2) is 55.1 Å². The third kappa shape index (κ3) is 8.66. The zero-order chi connectivity index (χ0) is 45.9. The predicted molar refractivity (Wildman–Crippen MR) is 223 cm³/mol. The van der Waals surface area contributed by atoms with Crippen LogP contribution in [0, 0.1) is 17.8 Å². The molecule has 7 atom stereocenters. The number of nitrogens with one attached hydrogen (secondary N) is 2. The molecule has 2 aromatic heterocycles. The van der Waals surface area contributed by atoms with Crippen molar-refractivity contribution in [3.05, 3.63) is 55.1 Å². The fraction of sp³-hybridized carbons (Fsp3) is 0.581. The second-order valence-electron chi connectivity index (χ2n) is 18.1. The molecule has 4 aliphatic rings. The third-order valence-corrected chi connectivity index (χ3v) is 15.5. The summed E-state index contributed by atoms with van der Waals surface area (Å²) in [5, 5.41) is 13.9. The minimum absolute atomic E-state index is 0.0417. The number of halogens is 3. The normalized spacial score (nSPS) is 28.1. The van der Waals surface area contributed by atoms with Gasteiger partial charge >= 0.3 is 12.3 Å². The lowest BCUT2D eigenvalue weighted by molar-refractivity contribution is -0.222. The number of sulfonamides is 1. The summed E-state index contributed by atoms with van der Waals surface area (Å²) < 4.78 is 86.1. The monoisotopic (exact) mass is 901 g/mol. The van der Waals surface area contributed by atoms with Crippen LogP contribution in [-0.2, 0) is 24.4 Å². The molecule has 2 saturated carbocycles. The average molecular weight is 902 g/mol. The van der Waals surface area contributed by atoms with Crippen molar-refractivity contribution in [1.82, 2.24) is 34.4 Å². The topological polar surface area (TPSA) is 202 Å². The molecule has 2 aliphatic carbocycles. The van der Waals surface area contributed by atoms with Gasteiger partial charge in [-0.1, -0.05) is 32.4 Å². The zero-order valence-electron chi connectivity index (χ0n) is 36.0. The van der Waals surface area contributed by atoms with Gasteiger partial charge < -0.3 is 24.8 Å². The highest BCUT2D eigenvalue weighted by atomic mass is 32.2. The first-order valence-corrected chi connectivity index (χ1v) is 22.6. The van der Waals surface area contributed by atoms with Gasteiger partial charge in [0.1, 0.15) is 52.9 Å². The summed E-state index contributed by atoms with van der Waals surface area (Å²) in [6, 6.07) is 3.32. The van der Waals surface area contributed by atoms with Crippen LogP contribution < -0.4 is 19.5 Å². The van der Waals surface area contributed by atoms with E-state index in [2.05, 4.69) is 15.0 Å². The smallest absolute Gasteiger partial charge is 0.411 e. The maximum absolute atomic E-state index is 15.3. The average Bonchev–Trinajstić information content (AvgIpc) is 3.97. The van der Waals surface area contributed by atoms with Crippen LogP contribution >= 0.6 is 0 Å². The van der Waals surface area contributed by atoms with E-state index in [9.17, 15) is 41.1 Å². The van der Waals surface area contributed by atoms with Gasteiger partial charge in [-0.05, 0) is 83.3 Å². The molecule has 0 spiro atoms. The highest BCUT2D eigenvalue weighted by Gasteiger charge is 2.64. The van der Waals surface area contributed by atoms with Crippen molar-refractivity contribution in [3.63, 3.8) is 0 Å². The number of ether oxygens (including phenoxy) is 2. The van der Waals surface area contributed by atoms with Crippen molar-refractivity contribution >= 4 is 44.7 Å². The number of carboxylic acid groups (broad SMARTS) is 1. The Bertz CT molecular complexity index is 2410. The van der Waals surface area contributed by atoms with Crippen LogP contribution in [0.1, 0.15) is 86.0 Å². The van der Waals surface area contributed by atoms with Gasteiger partial charge in [0.25, 0.3) is 5.91 Å². The van der Waals surface area contributed by atoms with Crippen molar-refractivity contribution in [2.24, 2.45) is 17.8 Å². The number of rotatable bonds is 10. The zero-order valence-corrected chi connectivity index (χ0v) is 36.8. The predicted octanol–water partition coefficient (Wildman–Crippen LogP) is 5.74. The number of benzene rings is 1. The standard InChI is InChI=1S/C43H54F3N7O9S/c1-7-26-18-25(2)10-8-9-11-27-22-42(27,38(56)50-63(59,60)41(5)14-15-41)49-36(54)32-20-29(23-52(32)37(55)35(26)53(39(57)58)40(3,4)43(44,45)46)62-33-21-34(51-17-16-47-24-51)48-31-19-28(61-6)12-13-30(31)33/h9,11-13,16-17,19,21,24-27,29,32,35H,7-8,10,14-15,18,20,22-23H2,1-6H3,(H,49,54)(H,50,56)(H,57,58)/b11-9-/t25-,26-,27-,29-,32+,35+,42-/m1/s1. The molecule has 20 heteroatoms. The molecule has 16 nitrogen and oxygen atoms in total. The lowest BCUT2D eigenvalue weighted by atomic mass is 9.82. The number of imidazole rings is 1. The van der Waals surface area contributed by atoms with E-state index in [4.69, 9.17) is 14.5 Å². The van der Waals surface area contributed by atoms with Crippen molar-refractivity contribution < 1.29 is 55.3 Å². The summed E-state index contributed by atoms with van der Waals surface area (Å²) in [5.41, 5.74) is -4.33. The molecule has 4 heterocycles. The fourth-order valence-corrected chi connectivity index (χ4v) is 10.2. The molecule has 0 radical (unpaired) electrons. The number of fused-ring (bicyclic) bond motifs is 3. The maximum Gasteiger partial charge on any atom is 0.411 e. The number of methoxy groups -OCH3 is 1. The molecule has 3 aromatic rings. The summed E-state index contributed by atoms with van der Waals surface area (Å²) in [7, 11) is -2.64. The largest absolute Gasteiger partial charge is 0.497 e. The molecule has 0 unspecified atom stereocenters. The van der Waals surface area contributed by atoms with Crippen LogP contribution in [0.25, 0.3) is 16.7 Å². The van der Waals surface area contributed by atoms with Crippen molar-refractivity contribution in [2.75, 3.05) is 13.7 Å². The van der Waals surface area contributed by atoms with Gasteiger partial charge in [-0.3, -0.25) is 28.6 Å². The second-order valence-corrected chi connectivity index (χ2v) is 20.3. The first-order chi connectivity index (χ1) is 29.6. The summed E-state index contributed by atoms with van der Waals surface area (Å²) in [6.07, 6.45) is 2.00. The number of carbonyl (C=O) groups excluding carboxylic acids is 3. The molecule has 0 bridgehead atoms. The minimum atomic E-state index is -5.11. The van der Waals surface area contributed by atoms with Crippen LogP contribution in [0.5, 0.6) is 11.5 Å². The molecule has 1 saturated heterocycles. The molecule has 63 heavy (non-hydrogen) atoms. The molecule has 2 aliphatic heterocycles. The number of hydrogen-bond donors (Lipinski definition) is 3.